The van der Waals surface area contributed by atoms with Gasteiger partial charge < -0.3 is 20.1 Å². The summed E-state index contributed by atoms with van der Waals surface area (Å²) in [6, 6.07) is 3.02. The highest BCUT2D eigenvalue weighted by Crippen LogP contribution is 2.31. The van der Waals surface area contributed by atoms with Crippen molar-refractivity contribution in [3.05, 3.63) is 22.7 Å². The summed E-state index contributed by atoms with van der Waals surface area (Å²) in [7, 11) is 1.46. The Kier molecular flexibility index (Phi) is 9.19. The normalized spacial score (nSPS) is 10.3. The molecule has 7 heteroatoms. The number of carbonyl (C=O) groups excluding carboxylic acids is 2. The summed E-state index contributed by atoms with van der Waals surface area (Å²) in [5, 5.41) is 5.68. The number of hydrogen-bond donors (Lipinski definition) is 2. The van der Waals surface area contributed by atoms with Gasteiger partial charge in [-0.15, -0.1) is 0 Å². The molecule has 6 nitrogen and oxygen atoms in total. The van der Waals surface area contributed by atoms with Crippen molar-refractivity contribution in [2.45, 2.75) is 33.1 Å². The summed E-state index contributed by atoms with van der Waals surface area (Å²) in [6.07, 6.45) is 2.88. The minimum Gasteiger partial charge on any atom is -0.496 e. The SMILES string of the molecule is CCCCOCCCNC(=O)c1cc(Cl)c(NC(C)=O)cc1OC. The van der Waals surface area contributed by atoms with Crippen LogP contribution in [0.1, 0.15) is 43.5 Å². The van der Waals surface area contributed by atoms with Gasteiger partial charge in [-0.25, -0.2) is 0 Å². The smallest absolute Gasteiger partial charge is 0.255 e. The van der Waals surface area contributed by atoms with Gasteiger partial charge in [-0.3, -0.25) is 9.59 Å². The van der Waals surface area contributed by atoms with E-state index in [1.54, 1.807) is 0 Å². The lowest BCUT2D eigenvalue weighted by Crippen LogP contribution is -2.26. The number of rotatable bonds is 10. The van der Waals surface area contributed by atoms with Crippen LogP contribution in [0.3, 0.4) is 0 Å². The molecule has 0 atom stereocenters. The third-order valence-corrected chi connectivity index (χ3v) is 3.55. The van der Waals surface area contributed by atoms with Crippen LogP contribution < -0.4 is 15.4 Å². The largest absolute Gasteiger partial charge is 0.496 e. The maximum atomic E-state index is 12.3. The van der Waals surface area contributed by atoms with Gasteiger partial charge in [0.25, 0.3) is 5.91 Å². The highest BCUT2D eigenvalue weighted by Gasteiger charge is 2.16. The number of carbonyl (C=O) groups is 2. The Hall–Kier alpha value is -1.79. The van der Waals surface area contributed by atoms with Crippen molar-refractivity contribution in [2.24, 2.45) is 0 Å². The molecule has 0 aliphatic heterocycles. The Balaban J connectivity index is 2.60. The number of unbranched alkanes of at least 4 members (excludes halogenated alkanes) is 1. The van der Waals surface area contributed by atoms with Crippen LogP contribution in [0.15, 0.2) is 12.1 Å². The molecule has 0 aromatic heterocycles. The molecule has 0 heterocycles. The molecule has 0 radical (unpaired) electrons. The summed E-state index contributed by atoms with van der Waals surface area (Å²) in [4.78, 5) is 23.4. The summed E-state index contributed by atoms with van der Waals surface area (Å²) in [6.45, 7) is 5.35. The predicted molar refractivity (Wildman–Crippen MR) is 95.0 cm³/mol. The molecule has 1 aromatic rings. The second-order valence-electron chi connectivity index (χ2n) is 5.29. The number of halogens is 1. The molecule has 0 spiro atoms. The molecule has 0 saturated heterocycles. The Labute approximate surface area is 147 Å². The van der Waals surface area contributed by atoms with E-state index in [9.17, 15) is 9.59 Å². The van der Waals surface area contributed by atoms with E-state index >= 15 is 0 Å². The first-order valence-electron chi connectivity index (χ1n) is 8.00. The van der Waals surface area contributed by atoms with E-state index in [1.807, 2.05) is 0 Å². The number of hydrogen-bond acceptors (Lipinski definition) is 4. The molecule has 0 aliphatic rings. The number of methoxy groups -OCH3 is 1. The lowest BCUT2D eigenvalue weighted by atomic mass is 10.1. The zero-order valence-corrected chi connectivity index (χ0v) is 15.2. The molecule has 2 amide bonds. The van der Waals surface area contributed by atoms with Crippen molar-refractivity contribution >= 4 is 29.1 Å². The van der Waals surface area contributed by atoms with E-state index in [2.05, 4.69) is 17.6 Å². The second kappa shape index (κ2) is 10.9. The van der Waals surface area contributed by atoms with Gasteiger partial charge in [0, 0.05) is 32.7 Å². The molecule has 134 valence electrons. The fraction of sp³-hybridized carbons (Fsp3) is 0.529. The first-order chi connectivity index (χ1) is 11.5. The van der Waals surface area contributed by atoms with Gasteiger partial charge in [-0.05, 0) is 18.9 Å². The van der Waals surface area contributed by atoms with E-state index in [0.717, 1.165) is 25.9 Å². The van der Waals surface area contributed by atoms with Crippen molar-refractivity contribution in [3.63, 3.8) is 0 Å². The maximum absolute atomic E-state index is 12.3. The van der Waals surface area contributed by atoms with Crippen LogP contribution in [-0.2, 0) is 9.53 Å². The third kappa shape index (κ3) is 6.76. The van der Waals surface area contributed by atoms with Crippen molar-refractivity contribution in [1.29, 1.82) is 0 Å². The lowest BCUT2D eigenvalue weighted by molar-refractivity contribution is -0.114. The van der Waals surface area contributed by atoms with Gasteiger partial charge in [0.2, 0.25) is 5.91 Å². The van der Waals surface area contributed by atoms with Crippen LogP contribution >= 0.6 is 11.6 Å². The Morgan fingerprint density at radius 3 is 2.54 bits per heavy atom. The second-order valence-corrected chi connectivity index (χ2v) is 5.70. The van der Waals surface area contributed by atoms with Crippen LogP contribution in [0.2, 0.25) is 5.02 Å². The van der Waals surface area contributed by atoms with Crippen molar-refractivity contribution in [2.75, 3.05) is 32.2 Å². The highest BCUT2D eigenvalue weighted by atomic mass is 35.5. The minimum atomic E-state index is -0.281. The zero-order chi connectivity index (χ0) is 17.9. The molecule has 0 aliphatic carbocycles. The van der Waals surface area contributed by atoms with E-state index in [0.29, 0.717) is 30.2 Å². The third-order valence-electron chi connectivity index (χ3n) is 3.24. The topological polar surface area (TPSA) is 76.7 Å². The van der Waals surface area contributed by atoms with Gasteiger partial charge in [0.15, 0.2) is 0 Å². The Morgan fingerprint density at radius 2 is 1.92 bits per heavy atom. The van der Waals surface area contributed by atoms with Gasteiger partial charge in [0.1, 0.15) is 5.75 Å². The van der Waals surface area contributed by atoms with Crippen LogP contribution in [-0.4, -0.2) is 38.7 Å². The average molecular weight is 357 g/mol. The van der Waals surface area contributed by atoms with Crippen LogP contribution in [0.25, 0.3) is 0 Å². The summed E-state index contributed by atoms with van der Waals surface area (Å²) < 4.78 is 10.7. The molecule has 2 N–H and O–H groups in total. The zero-order valence-electron chi connectivity index (χ0n) is 14.4. The van der Waals surface area contributed by atoms with E-state index in [-0.39, 0.29) is 16.8 Å². The van der Waals surface area contributed by atoms with Gasteiger partial charge >= 0.3 is 0 Å². The van der Waals surface area contributed by atoms with E-state index in [4.69, 9.17) is 21.1 Å². The maximum Gasteiger partial charge on any atom is 0.255 e. The molecular formula is C17H25ClN2O4. The number of benzene rings is 1. The monoisotopic (exact) mass is 356 g/mol. The molecular weight excluding hydrogens is 332 g/mol. The fourth-order valence-electron chi connectivity index (χ4n) is 2.00. The molecule has 1 rings (SSSR count). The van der Waals surface area contributed by atoms with Gasteiger partial charge in [-0.1, -0.05) is 24.9 Å². The fourth-order valence-corrected chi connectivity index (χ4v) is 2.22. The van der Waals surface area contributed by atoms with Crippen molar-refractivity contribution in [3.8, 4) is 5.75 Å². The summed E-state index contributed by atoms with van der Waals surface area (Å²) >= 11 is 6.11. The Morgan fingerprint density at radius 1 is 1.21 bits per heavy atom. The summed E-state index contributed by atoms with van der Waals surface area (Å²) in [5.41, 5.74) is 0.727. The molecule has 0 unspecified atom stereocenters. The molecule has 0 fully saturated rings. The first kappa shape index (κ1) is 20.3. The molecule has 1 aromatic carbocycles. The van der Waals surface area contributed by atoms with Crippen LogP contribution in [0.4, 0.5) is 5.69 Å². The number of amides is 2. The van der Waals surface area contributed by atoms with Crippen LogP contribution in [0, 0.1) is 0 Å². The lowest BCUT2D eigenvalue weighted by Gasteiger charge is -2.13. The average Bonchev–Trinajstić information content (AvgIpc) is 2.54. The highest BCUT2D eigenvalue weighted by molar-refractivity contribution is 6.34. The molecule has 0 bridgehead atoms. The van der Waals surface area contributed by atoms with Crippen LogP contribution in [0.5, 0.6) is 5.75 Å². The predicted octanol–water partition coefficient (Wildman–Crippen LogP) is 3.24. The van der Waals surface area contributed by atoms with Crippen molar-refractivity contribution in [1.82, 2.24) is 5.32 Å². The quantitative estimate of drug-likeness (QED) is 0.631. The number of anilines is 1. The molecule has 24 heavy (non-hydrogen) atoms. The number of nitrogens with one attached hydrogen (secondary N) is 2. The van der Waals surface area contributed by atoms with E-state index in [1.165, 1.54) is 26.2 Å². The van der Waals surface area contributed by atoms with Gasteiger partial charge in [-0.2, -0.15) is 0 Å². The Bertz CT molecular complexity index is 564. The van der Waals surface area contributed by atoms with E-state index < -0.39 is 0 Å². The van der Waals surface area contributed by atoms with Crippen molar-refractivity contribution < 1.29 is 19.1 Å². The molecule has 0 saturated carbocycles. The van der Waals surface area contributed by atoms with Gasteiger partial charge in [0.05, 0.1) is 23.4 Å². The summed E-state index contributed by atoms with van der Waals surface area (Å²) in [5.74, 6) is -0.184. The minimum absolute atomic E-state index is 0.251. The number of ether oxygens (including phenoxy) is 2. The first-order valence-corrected chi connectivity index (χ1v) is 8.38. The standard InChI is InChI=1S/C17H25ClN2O4/c1-4-5-8-24-9-6-7-19-17(22)13-10-14(18)15(20-12(2)21)11-16(13)23-3/h10-11H,4-9H2,1-3H3,(H,19,22)(H,20,21).